The Morgan fingerprint density at radius 2 is 2.42 bits per heavy atom. The first-order chi connectivity index (χ1) is 9.00. The Balaban J connectivity index is 2.00. The lowest BCUT2D eigenvalue weighted by Crippen LogP contribution is -2.30. The van der Waals surface area contributed by atoms with Crippen molar-refractivity contribution in [2.75, 3.05) is 13.2 Å². The minimum Gasteiger partial charge on any atom is -0.490 e. The molecule has 0 amide bonds. The normalized spacial score (nSPS) is 21.5. The maximum Gasteiger partial charge on any atom is 0.270 e. The number of ether oxygens (including phenoxy) is 2. The average Bonchev–Trinajstić information content (AvgIpc) is 2.69. The molecular formula is C13H21N3O3. The average molecular weight is 267 g/mol. The Morgan fingerprint density at radius 3 is 3.00 bits per heavy atom. The molecule has 1 aromatic rings. The maximum absolute atomic E-state index is 11.9. The van der Waals surface area contributed by atoms with E-state index in [2.05, 4.69) is 18.9 Å². The largest absolute Gasteiger partial charge is 0.490 e. The number of hydrogen-bond acceptors (Lipinski definition) is 5. The minimum absolute atomic E-state index is 0.0519. The maximum atomic E-state index is 11.9. The van der Waals surface area contributed by atoms with Crippen LogP contribution in [0.3, 0.4) is 0 Å². The standard InChI is InChI=1S/C13H21N3O3/c1-13(2)4-3-10(19-13)9-16-12(17)7-11(8-15-16)18-6-5-14/h7-8,10H,3-6,9,14H2,1-2H3. The second kappa shape index (κ2) is 5.71. The molecule has 2 N–H and O–H groups in total. The van der Waals surface area contributed by atoms with Gasteiger partial charge in [-0.3, -0.25) is 4.79 Å². The summed E-state index contributed by atoms with van der Waals surface area (Å²) in [6.07, 6.45) is 3.55. The Labute approximate surface area is 112 Å². The highest BCUT2D eigenvalue weighted by molar-refractivity contribution is 5.13. The van der Waals surface area contributed by atoms with Crippen molar-refractivity contribution in [3.8, 4) is 5.75 Å². The number of hydrogen-bond donors (Lipinski definition) is 1. The summed E-state index contributed by atoms with van der Waals surface area (Å²) < 4.78 is 12.5. The predicted molar refractivity (Wildman–Crippen MR) is 71.2 cm³/mol. The van der Waals surface area contributed by atoms with Gasteiger partial charge in [-0.15, -0.1) is 0 Å². The summed E-state index contributed by atoms with van der Waals surface area (Å²) in [5.41, 5.74) is 5.06. The van der Waals surface area contributed by atoms with E-state index in [1.807, 2.05) is 0 Å². The molecule has 2 heterocycles. The molecule has 1 aliphatic rings. The number of nitrogens with zero attached hydrogens (tertiary/aromatic N) is 2. The smallest absolute Gasteiger partial charge is 0.270 e. The molecule has 6 nitrogen and oxygen atoms in total. The molecule has 1 aromatic heterocycles. The summed E-state index contributed by atoms with van der Waals surface area (Å²) in [5, 5.41) is 4.10. The first-order valence-corrected chi connectivity index (χ1v) is 6.58. The SMILES string of the molecule is CC1(C)CCC(Cn2ncc(OCCN)cc2=O)O1. The van der Waals surface area contributed by atoms with E-state index in [1.165, 1.54) is 16.9 Å². The second-order valence-corrected chi connectivity index (χ2v) is 5.39. The van der Waals surface area contributed by atoms with Crippen LogP contribution in [0.5, 0.6) is 5.75 Å². The van der Waals surface area contributed by atoms with Crippen LogP contribution in [0.15, 0.2) is 17.1 Å². The van der Waals surface area contributed by atoms with E-state index in [1.54, 1.807) is 0 Å². The summed E-state index contributed by atoms with van der Waals surface area (Å²) in [4.78, 5) is 11.9. The third-order valence-electron chi connectivity index (χ3n) is 3.16. The molecular weight excluding hydrogens is 246 g/mol. The van der Waals surface area contributed by atoms with Crippen LogP contribution in [0, 0.1) is 0 Å². The zero-order valence-corrected chi connectivity index (χ0v) is 11.5. The van der Waals surface area contributed by atoms with Gasteiger partial charge < -0.3 is 15.2 Å². The van der Waals surface area contributed by atoms with E-state index in [0.29, 0.717) is 25.4 Å². The van der Waals surface area contributed by atoms with Crippen LogP contribution in [-0.4, -0.2) is 34.6 Å². The van der Waals surface area contributed by atoms with Gasteiger partial charge in [0.15, 0.2) is 0 Å². The third kappa shape index (κ3) is 3.78. The lowest BCUT2D eigenvalue weighted by molar-refractivity contribution is -0.0235. The van der Waals surface area contributed by atoms with Crippen molar-refractivity contribution >= 4 is 0 Å². The van der Waals surface area contributed by atoms with Gasteiger partial charge in [-0.05, 0) is 26.7 Å². The van der Waals surface area contributed by atoms with Crippen molar-refractivity contribution < 1.29 is 9.47 Å². The van der Waals surface area contributed by atoms with Gasteiger partial charge in [0.25, 0.3) is 5.56 Å². The van der Waals surface area contributed by atoms with Crippen LogP contribution in [0.25, 0.3) is 0 Å². The van der Waals surface area contributed by atoms with Gasteiger partial charge in [0, 0.05) is 12.6 Å². The van der Waals surface area contributed by atoms with E-state index >= 15 is 0 Å². The highest BCUT2D eigenvalue weighted by atomic mass is 16.5. The third-order valence-corrected chi connectivity index (χ3v) is 3.16. The Hall–Kier alpha value is -1.40. The lowest BCUT2D eigenvalue weighted by atomic mass is 10.1. The minimum atomic E-state index is -0.178. The molecule has 1 unspecified atom stereocenters. The Kier molecular flexibility index (Phi) is 4.21. The monoisotopic (exact) mass is 267 g/mol. The highest BCUT2D eigenvalue weighted by Gasteiger charge is 2.32. The summed E-state index contributed by atoms with van der Waals surface area (Å²) in [6.45, 7) is 5.40. The van der Waals surface area contributed by atoms with Crippen molar-refractivity contribution in [3.63, 3.8) is 0 Å². The fraction of sp³-hybridized carbons (Fsp3) is 0.692. The molecule has 106 valence electrons. The molecule has 0 aliphatic carbocycles. The van der Waals surface area contributed by atoms with Crippen molar-refractivity contribution in [3.05, 3.63) is 22.6 Å². The quantitative estimate of drug-likeness (QED) is 0.842. The zero-order chi connectivity index (χ0) is 13.9. The Bertz CT molecular complexity index is 484. The van der Waals surface area contributed by atoms with Gasteiger partial charge in [-0.25, -0.2) is 4.68 Å². The van der Waals surface area contributed by atoms with E-state index in [-0.39, 0.29) is 17.3 Å². The van der Waals surface area contributed by atoms with Crippen LogP contribution in [0.2, 0.25) is 0 Å². The van der Waals surface area contributed by atoms with Gasteiger partial charge in [0.05, 0.1) is 24.4 Å². The number of nitrogens with two attached hydrogens (primary N) is 1. The fourth-order valence-corrected chi connectivity index (χ4v) is 2.21. The number of aromatic nitrogens is 2. The predicted octanol–water partition coefficient (Wildman–Crippen LogP) is 0.538. The summed E-state index contributed by atoms with van der Waals surface area (Å²) in [7, 11) is 0. The lowest BCUT2D eigenvalue weighted by Gasteiger charge is -2.19. The molecule has 1 aliphatic heterocycles. The van der Waals surface area contributed by atoms with Crippen molar-refractivity contribution in [1.29, 1.82) is 0 Å². The molecule has 1 fully saturated rings. The molecule has 0 spiro atoms. The first kappa shape index (κ1) is 14.0. The van der Waals surface area contributed by atoms with E-state index in [4.69, 9.17) is 15.2 Å². The fourth-order valence-electron chi connectivity index (χ4n) is 2.21. The van der Waals surface area contributed by atoms with Gasteiger partial charge in [0.2, 0.25) is 0 Å². The van der Waals surface area contributed by atoms with E-state index in [9.17, 15) is 4.79 Å². The molecule has 19 heavy (non-hydrogen) atoms. The topological polar surface area (TPSA) is 79.4 Å². The van der Waals surface area contributed by atoms with Gasteiger partial charge in [-0.2, -0.15) is 5.10 Å². The van der Waals surface area contributed by atoms with Crippen LogP contribution in [0.1, 0.15) is 26.7 Å². The van der Waals surface area contributed by atoms with Crippen LogP contribution in [-0.2, 0) is 11.3 Å². The first-order valence-electron chi connectivity index (χ1n) is 6.58. The van der Waals surface area contributed by atoms with E-state index in [0.717, 1.165) is 12.8 Å². The summed E-state index contributed by atoms with van der Waals surface area (Å²) in [5.74, 6) is 0.458. The molecule has 0 bridgehead atoms. The molecule has 0 aromatic carbocycles. The van der Waals surface area contributed by atoms with Crippen molar-refractivity contribution in [2.45, 2.75) is 44.9 Å². The highest BCUT2D eigenvalue weighted by Crippen LogP contribution is 2.29. The van der Waals surface area contributed by atoms with Gasteiger partial charge in [-0.1, -0.05) is 0 Å². The molecule has 2 rings (SSSR count). The van der Waals surface area contributed by atoms with Crippen LogP contribution >= 0.6 is 0 Å². The van der Waals surface area contributed by atoms with Gasteiger partial charge >= 0.3 is 0 Å². The Morgan fingerprint density at radius 1 is 1.63 bits per heavy atom. The zero-order valence-electron chi connectivity index (χ0n) is 11.5. The second-order valence-electron chi connectivity index (χ2n) is 5.39. The van der Waals surface area contributed by atoms with E-state index < -0.39 is 0 Å². The van der Waals surface area contributed by atoms with Gasteiger partial charge in [0.1, 0.15) is 12.4 Å². The number of rotatable bonds is 5. The van der Waals surface area contributed by atoms with Crippen molar-refractivity contribution in [1.82, 2.24) is 9.78 Å². The molecule has 1 saturated heterocycles. The summed E-state index contributed by atoms with van der Waals surface area (Å²) in [6, 6.07) is 1.43. The molecule has 0 saturated carbocycles. The summed E-state index contributed by atoms with van der Waals surface area (Å²) >= 11 is 0. The van der Waals surface area contributed by atoms with Crippen LogP contribution in [0.4, 0.5) is 0 Å². The molecule has 6 heteroatoms. The molecule has 0 radical (unpaired) electrons. The molecule has 1 atom stereocenters. The van der Waals surface area contributed by atoms with Crippen molar-refractivity contribution in [2.24, 2.45) is 5.73 Å². The van der Waals surface area contributed by atoms with Crippen LogP contribution < -0.4 is 16.0 Å².